The number of ether oxygens (including phenoxy) is 1. The van der Waals surface area contributed by atoms with Crippen molar-refractivity contribution in [3.8, 4) is 23.0 Å². The first kappa shape index (κ1) is 25.0. The summed E-state index contributed by atoms with van der Waals surface area (Å²) in [6.45, 7) is 7.05. The molecule has 0 aromatic carbocycles. The van der Waals surface area contributed by atoms with E-state index in [1.807, 2.05) is 44.2 Å². The average Bonchev–Trinajstić information content (AvgIpc) is 3.68. The molecule has 0 bridgehead atoms. The Labute approximate surface area is 220 Å². The Morgan fingerprint density at radius 2 is 1.86 bits per heavy atom. The zero-order valence-corrected chi connectivity index (χ0v) is 22.1. The van der Waals surface area contributed by atoms with Crippen LogP contribution in [0, 0.1) is 13.8 Å². The Morgan fingerprint density at radius 1 is 1.08 bits per heavy atom. The average molecular weight is 518 g/mol. The second-order valence-corrected chi connectivity index (χ2v) is 10.3. The number of pyridine rings is 3. The maximum atomic E-state index is 13.6. The highest BCUT2D eigenvalue weighted by molar-refractivity contribution is 6.31. The van der Waals surface area contributed by atoms with Crippen molar-refractivity contribution in [3.05, 3.63) is 92.5 Å². The van der Waals surface area contributed by atoms with Crippen LogP contribution in [0.15, 0.2) is 53.6 Å². The van der Waals surface area contributed by atoms with E-state index in [4.69, 9.17) is 16.3 Å². The molecule has 0 aliphatic heterocycles. The second-order valence-electron chi connectivity index (χ2n) is 9.93. The molecule has 4 aromatic rings. The Kier molecular flexibility index (Phi) is 6.33. The maximum Gasteiger partial charge on any atom is 0.274 e. The lowest BCUT2D eigenvalue weighted by Crippen LogP contribution is -2.23. The van der Waals surface area contributed by atoms with Crippen LogP contribution < -0.4 is 10.3 Å². The molecule has 1 aliphatic rings. The van der Waals surface area contributed by atoms with Crippen molar-refractivity contribution in [1.82, 2.24) is 24.5 Å². The summed E-state index contributed by atoms with van der Waals surface area (Å²) in [6.07, 6.45) is 4.16. The number of nitrogens with zero attached hydrogens (tertiary/aromatic N) is 5. The van der Waals surface area contributed by atoms with Gasteiger partial charge in [0.2, 0.25) is 5.88 Å². The first-order valence-corrected chi connectivity index (χ1v) is 12.4. The molecule has 8 nitrogen and oxygen atoms in total. The summed E-state index contributed by atoms with van der Waals surface area (Å²) < 4.78 is 6.88. The zero-order chi connectivity index (χ0) is 26.5. The van der Waals surface area contributed by atoms with Gasteiger partial charge in [0, 0.05) is 35.8 Å². The van der Waals surface area contributed by atoms with Gasteiger partial charge in [0.05, 0.1) is 24.2 Å². The van der Waals surface area contributed by atoms with E-state index >= 15 is 0 Å². The van der Waals surface area contributed by atoms with E-state index in [1.165, 1.54) is 0 Å². The van der Waals surface area contributed by atoms with E-state index in [0.717, 1.165) is 28.9 Å². The molecule has 0 unspecified atom stereocenters. The minimum atomic E-state index is -1.19. The van der Waals surface area contributed by atoms with Gasteiger partial charge < -0.3 is 9.84 Å². The number of aryl methyl sites for hydroxylation is 2. The standard InChI is InChI=1S/C28H28ClN5O3/c1-15-14-31-22(21-9-10-30-27(33-21)28(3,4)36)13-23(15)34-16(2)11-19(25(29)26(34)35)17-12-18(17)20-7-6-8-24(32-20)37-5/h6-11,13-14,17-18,36H,12H2,1-5H3/t17-,18-/m0/s1. The fraction of sp³-hybridized carbons (Fsp3) is 0.321. The molecule has 1 saturated carbocycles. The van der Waals surface area contributed by atoms with Crippen molar-refractivity contribution < 1.29 is 9.84 Å². The highest BCUT2D eigenvalue weighted by Gasteiger charge is 2.42. The molecule has 37 heavy (non-hydrogen) atoms. The van der Waals surface area contributed by atoms with Gasteiger partial charge in [0.1, 0.15) is 10.6 Å². The first-order valence-electron chi connectivity index (χ1n) is 12.0. The van der Waals surface area contributed by atoms with E-state index in [0.29, 0.717) is 28.8 Å². The Hall–Kier alpha value is -3.62. The minimum absolute atomic E-state index is 0.128. The number of hydrogen-bond acceptors (Lipinski definition) is 7. The highest BCUT2D eigenvalue weighted by atomic mass is 35.5. The molecule has 0 saturated heterocycles. The molecule has 1 aliphatic carbocycles. The lowest BCUT2D eigenvalue weighted by Gasteiger charge is -2.17. The van der Waals surface area contributed by atoms with E-state index in [9.17, 15) is 9.90 Å². The molecule has 5 rings (SSSR count). The van der Waals surface area contributed by atoms with Crippen molar-refractivity contribution in [1.29, 1.82) is 0 Å². The topological polar surface area (TPSA) is 103 Å². The monoisotopic (exact) mass is 517 g/mol. The smallest absolute Gasteiger partial charge is 0.274 e. The van der Waals surface area contributed by atoms with Gasteiger partial charge in [-0.3, -0.25) is 14.3 Å². The van der Waals surface area contributed by atoms with Crippen molar-refractivity contribution in [2.75, 3.05) is 7.11 Å². The number of methoxy groups -OCH3 is 1. The predicted molar refractivity (Wildman–Crippen MR) is 141 cm³/mol. The molecular weight excluding hydrogens is 490 g/mol. The Balaban J connectivity index is 1.53. The zero-order valence-electron chi connectivity index (χ0n) is 21.4. The van der Waals surface area contributed by atoms with Crippen LogP contribution in [-0.4, -0.2) is 36.7 Å². The van der Waals surface area contributed by atoms with Crippen LogP contribution in [0.5, 0.6) is 5.88 Å². The minimum Gasteiger partial charge on any atom is -0.481 e. The predicted octanol–water partition coefficient (Wildman–Crippen LogP) is 4.86. The van der Waals surface area contributed by atoms with Gasteiger partial charge in [-0.2, -0.15) is 0 Å². The fourth-order valence-electron chi connectivity index (χ4n) is 4.61. The lowest BCUT2D eigenvalue weighted by molar-refractivity contribution is 0.0688. The van der Waals surface area contributed by atoms with Crippen LogP contribution in [0.1, 0.15) is 60.4 Å². The summed E-state index contributed by atoms with van der Waals surface area (Å²) in [7, 11) is 1.60. The Morgan fingerprint density at radius 3 is 2.59 bits per heavy atom. The summed E-state index contributed by atoms with van der Waals surface area (Å²) in [5, 5.41) is 10.5. The molecule has 2 atom stereocenters. The molecule has 1 fully saturated rings. The summed E-state index contributed by atoms with van der Waals surface area (Å²) in [5.74, 6) is 1.19. The summed E-state index contributed by atoms with van der Waals surface area (Å²) in [5.41, 5.74) is 3.68. The van der Waals surface area contributed by atoms with E-state index in [-0.39, 0.29) is 22.4 Å². The van der Waals surface area contributed by atoms with Crippen molar-refractivity contribution in [2.45, 2.75) is 51.6 Å². The van der Waals surface area contributed by atoms with E-state index in [2.05, 4.69) is 19.9 Å². The fourth-order valence-corrected chi connectivity index (χ4v) is 4.89. The van der Waals surface area contributed by atoms with Crippen LogP contribution in [0.4, 0.5) is 0 Å². The normalized spacial score (nSPS) is 17.1. The first-order chi connectivity index (χ1) is 17.6. The SMILES string of the molecule is COc1cccc([C@H]2C[C@@H]2c2cc(C)n(-c3cc(-c4ccnc(C(C)(C)O)n4)ncc3C)c(=O)c2Cl)n1. The Bertz CT molecular complexity index is 1560. The van der Waals surface area contributed by atoms with Gasteiger partial charge in [-0.15, -0.1) is 0 Å². The number of halogens is 1. The third-order valence-corrected chi connectivity index (χ3v) is 7.05. The van der Waals surface area contributed by atoms with Crippen LogP contribution >= 0.6 is 11.6 Å². The lowest BCUT2D eigenvalue weighted by atomic mass is 10.1. The molecular formula is C28H28ClN5O3. The molecule has 4 heterocycles. The van der Waals surface area contributed by atoms with Crippen molar-refractivity contribution >= 4 is 11.6 Å². The van der Waals surface area contributed by atoms with Gasteiger partial charge in [-0.25, -0.2) is 15.0 Å². The number of hydrogen-bond donors (Lipinski definition) is 1. The van der Waals surface area contributed by atoms with Crippen LogP contribution in [0.25, 0.3) is 17.1 Å². The molecule has 0 spiro atoms. The summed E-state index contributed by atoms with van der Waals surface area (Å²) in [4.78, 5) is 31.3. The molecule has 0 radical (unpaired) electrons. The van der Waals surface area contributed by atoms with E-state index in [1.54, 1.807) is 44.0 Å². The van der Waals surface area contributed by atoms with Gasteiger partial charge in [-0.1, -0.05) is 17.7 Å². The highest BCUT2D eigenvalue weighted by Crippen LogP contribution is 2.55. The molecule has 4 aromatic heterocycles. The van der Waals surface area contributed by atoms with Crippen LogP contribution in [0.3, 0.4) is 0 Å². The largest absolute Gasteiger partial charge is 0.481 e. The summed E-state index contributed by atoms with van der Waals surface area (Å²) >= 11 is 6.70. The molecule has 1 N–H and O–H groups in total. The van der Waals surface area contributed by atoms with Gasteiger partial charge in [0.15, 0.2) is 5.82 Å². The van der Waals surface area contributed by atoms with Gasteiger partial charge in [-0.05, 0) is 75.4 Å². The van der Waals surface area contributed by atoms with Crippen molar-refractivity contribution in [3.63, 3.8) is 0 Å². The molecule has 0 amide bonds. The number of rotatable bonds is 6. The third kappa shape index (κ3) is 4.74. The van der Waals surface area contributed by atoms with E-state index < -0.39 is 5.60 Å². The van der Waals surface area contributed by atoms with Gasteiger partial charge >= 0.3 is 0 Å². The molecule has 190 valence electrons. The third-order valence-electron chi connectivity index (χ3n) is 6.67. The number of aliphatic hydroxyl groups is 1. The van der Waals surface area contributed by atoms with Crippen LogP contribution in [-0.2, 0) is 5.60 Å². The quantitative estimate of drug-likeness (QED) is 0.389. The van der Waals surface area contributed by atoms with Crippen LogP contribution in [0.2, 0.25) is 5.02 Å². The molecule has 9 heteroatoms. The summed E-state index contributed by atoms with van der Waals surface area (Å²) in [6, 6.07) is 11.3. The second kappa shape index (κ2) is 9.36. The van der Waals surface area contributed by atoms with Gasteiger partial charge in [0.25, 0.3) is 5.56 Å². The number of aromatic nitrogens is 5. The van der Waals surface area contributed by atoms with Crippen molar-refractivity contribution in [2.24, 2.45) is 0 Å². The maximum absolute atomic E-state index is 13.6.